The molecule has 1 aromatic carbocycles. The molecule has 1 aliphatic rings. The lowest BCUT2D eigenvalue weighted by Gasteiger charge is -2.34. The van der Waals surface area contributed by atoms with E-state index in [9.17, 15) is 0 Å². The van der Waals surface area contributed by atoms with Crippen molar-refractivity contribution in [2.45, 2.75) is 6.54 Å². The van der Waals surface area contributed by atoms with Gasteiger partial charge in [-0.05, 0) is 18.2 Å². The topological polar surface area (TPSA) is 86.8 Å². The SMILES string of the molecule is N#Cc1cccc(-c2cn(CCN3CCN(c4ncccn4)CC3)nn2)c1. The van der Waals surface area contributed by atoms with Crippen molar-refractivity contribution >= 4 is 5.95 Å². The van der Waals surface area contributed by atoms with Crippen molar-refractivity contribution in [3.05, 3.63) is 54.5 Å². The van der Waals surface area contributed by atoms with Crippen LogP contribution >= 0.6 is 0 Å². The fourth-order valence-electron chi connectivity index (χ4n) is 3.16. The second kappa shape index (κ2) is 7.93. The first-order chi connectivity index (χ1) is 13.3. The van der Waals surface area contributed by atoms with Gasteiger partial charge in [-0.1, -0.05) is 17.3 Å². The summed E-state index contributed by atoms with van der Waals surface area (Å²) in [6.45, 7) is 5.51. The van der Waals surface area contributed by atoms with Crippen molar-refractivity contribution in [2.24, 2.45) is 0 Å². The van der Waals surface area contributed by atoms with Gasteiger partial charge in [-0.15, -0.1) is 5.10 Å². The van der Waals surface area contributed by atoms with Crippen molar-refractivity contribution in [1.29, 1.82) is 5.26 Å². The molecule has 0 saturated carbocycles. The molecule has 0 bridgehead atoms. The zero-order chi connectivity index (χ0) is 18.5. The van der Waals surface area contributed by atoms with Gasteiger partial charge in [-0.25, -0.2) is 9.97 Å². The van der Waals surface area contributed by atoms with Gasteiger partial charge in [0, 0.05) is 50.7 Å². The molecular formula is C19H20N8. The highest BCUT2D eigenvalue weighted by Gasteiger charge is 2.18. The molecular weight excluding hydrogens is 340 g/mol. The summed E-state index contributed by atoms with van der Waals surface area (Å²) < 4.78 is 1.86. The Balaban J connectivity index is 1.30. The summed E-state index contributed by atoms with van der Waals surface area (Å²) in [6, 6.07) is 11.4. The van der Waals surface area contributed by atoms with Gasteiger partial charge in [-0.2, -0.15) is 5.26 Å². The van der Waals surface area contributed by atoms with E-state index in [4.69, 9.17) is 5.26 Å². The molecule has 1 aliphatic heterocycles. The first-order valence-electron chi connectivity index (χ1n) is 8.97. The number of aromatic nitrogens is 5. The Morgan fingerprint density at radius 2 is 1.81 bits per heavy atom. The first-order valence-corrected chi connectivity index (χ1v) is 8.97. The van der Waals surface area contributed by atoms with Gasteiger partial charge < -0.3 is 4.90 Å². The van der Waals surface area contributed by atoms with E-state index in [2.05, 4.69) is 36.1 Å². The van der Waals surface area contributed by atoms with E-state index in [0.29, 0.717) is 5.56 Å². The molecule has 1 saturated heterocycles. The summed E-state index contributed by atoms with van der Waals surface area (Å²) in [6.07, 6.45) is 5.50. The molecule has 0 amide bonds. The van der Waals surface area contributed by atoms with Gasteiger partial charge in [0.1, 0.15) is 5.69 Å². The molecule has 0 N–H and O–H groups in total. The van der Waals surface area contributed by atoms with Crippen molar-refractivity contribution in [3.8, 4) is 17.3 Å². The van der Waals surface area contributed by atoms with Crippen LogP contribution in [-0.4, -0.2) is 62.6 Å². The van der Waals surface area contributed by atoms with E-state index in [0.717, 1.165) is 56.5 Å². The normalized spacial score (nSPS) is 14.9. The quantitative estimate of drug-likeness (QED) is 0.680. The highest BCUT2D eigenvalue weighted by atomic mass is 15.4. The molecule has 0 spiro atoms. The van der Waals surface area contributed by atoms with Crippen LogP contribution in [0.4, 0.5) is 5.95 Å². The highest BCUT2D eigenvalue weighted by molar-refractivity contribution is 5.60. The van der Waals surface area contributed by atoms with Gasteiger partial charge in [0.15, 0.2) is 0 Å². The molecule has 8 nitrogen and oxygen atoms in total. The number of nitriles is 1. The summed E-state index contributed by atoms with van der Waals surface area (Å²) >= 11 is 0. The molecule has 3 aromatic rings. The van der Waals surface area contributed by atoms with Crippen LogP contribution < -0.4 is 4.90 Å². The fourth-order valence-corrected chi connectivity index (χ4v) is 3.16. The first kappa shape index (κ1) is 17.1. The van der Waals surface area contributed by atoms with Gasteiger partial charge in [0.25, 0.3) is 0 Å². The van der Waals surface area contributed by atoms with Crippen molar-refractivity contribution in [2.75, 3.05) is 37.6 Å². The minimum atomic E-state index is 0.627. The molecule has 0 radical (unpaired) electrons. The number of benzene rings is 1. The monoisotopic (exact) mass is 360 g/mol. The molecule has 0 atom stereocenters. The largest absolute Gasteiger partial charge is 0.338 e. The molecule has 1 fully saturated rings. The Kier molecular flexibility index (Phi) is 5.03. The van der Waals surface area contributed by atoms with Crippen LogP contribution in [0.5, 0.6) is 0 Å². The molecule has 27 heavy (non-hydrogen) atoms. The Morgan fingerprint density at radius 3 is 2.59 bits per heavy atom. The third-order valence-corrected chi connectivity index (χ3v) is 4.68. The van der Waals surface area contributed by atoms with E-state index in [1.54, 1.807) is 18.5 Å². The lowest BCUT2D eigenvalue weighted by molar-refractivity contribution is 0.242. The van der Waals surface area contributed by atoms with Gasteiger partial charge >= 0.3 is 0 Å². The van der Waals surface area contributed by atoms with Gasteiger partial charge in [0.2, 0.25) is 5.95 Å². The number of piperazine rings is 1. The minimum Gasteiger partial charge on any atom is -0.338 e. The lowest BCUT2D eigenvalue weighted by Crippen LogP contribution is -2.47. The number of anilines is 1. The molecule has 4 rings (SSSR count). The third kappa shape index (κ3) is 4.10. The number of rotatable bonds is 5. The molecule has 136 valence electrons. The van der Waals surface area contributed by atoms with Crippen LogP contribution in [0.3, 0.4) is 0 Å². The van der Waals surface area contributed by atoms with Crippen LogP contribution in [0, 0.1) is 11.3 Å². The summed E-state index contributed by atoms with van der Waals surface area (Å²) in [7, 11) is 0. The van der Waals surface area contributed by atoms with Crippen LogP contribution in [0.2, 0.25) is 0 Å². The minimum absolute atomic E-state index is 0.627. The number of hydrogen-bond acceptors (Lipinski definition) is 7. The average Bonchev–Trinajstić information content (AvgIpc) is 3.22. The predicted molar refractivity (Wildman–Crippen MR) is 101 cm³/mol. The summed E-state index contributed by atoms with van der Waals surface area (Å²) in [5.41, 5.74) is 2.33. The summed E-state index contributed by atoms with van der Waals surface area (Å²) in [4.78, 5) is 13.3. The number of hydrogen-bond donors (Lipinski definition) is 0. The average molecular weight is 360 g/mol. The van der Waals surface area contributed by atoms with E-state index < -0.39 is 0 Å². The Hall–Kier alpha value is -3.31. The van der Waals surface area contributed by atoms with Crippen LogP contribution in [0.1, 0.15) is 5.56 Å². The zero-order valence-corrected chi connectivity index (χ0v) is 14.9. The van der Waals surface area contributed by atoms with Crippen LogP contribution in [0.25, 0.3) is 11.3 Å². The Labute approximate surface area is 157 Å². The fraction of sp³-hybridized carbons (Fsp3) is 0.316. The Morgan fingerprint density at radius 1 is 1.00 bits per heavy atom. The van der Waals surface area contributed by atoms with Crippen LogP contribution in [-0.2, 0) is 6.54 Å². The maximum Gasteiger partial charge on any atom is 0.225 e. The number of nitrogens with zero attached hydrogens (tertiary/aromatic N) is 8. The standard InChI is InChI=1S/C19H20N8/c20-14-16-3-1-4-17(13-16)18-15-27(24-23-18)12-9-25-7-10-26(11-8-25)19-21-5-2-6-22-19/h1-6,13,15H,7-12H2. The third-order valence-electron chi connectivity index (χ3n) is 4.68. The maximum absolute atomic E-state index is 9.03. The highest BCUT2D eigenvalue weighted by Crippen LogP contribution is 2.17. The second-order valence-corrected chi connectivity index (χ2v) is 6.44. The molecule has 3 heterocycles. The summed E-state index contributed by atoms with van der Waals surface area (Å²) in [5.74, 6) is 0.803. The predicted octanol–water partition coefficient (Wildman–Crippen LogP) is 1.43. The van der Waals surface area contributed by atoms with E-state index >= 15 is 0 Å². The smallest absolute Gasteiger partial charge is 0.225 e. The maximum atomic E-state index is 9.03. The van der Waals surface area contributed by atoms with Crippen molar-refractivity contribution in [3.63, 3.8) is 0 Å². The molecule has 2 aromatic heterocycles. The van der Waals surface area contributed by atoms with Crippen molar-refractivity contribution in [1.82, 2.24) is 29.9 Å². The zero-order valence-electron chi connectivity index (χ0n) is 14.9. The Bertz CT molecular complexity index is 922. The van der Waals surface area contributed by atoms with Gasteiger partial charge in [0.05, 0.1) is 24.4 Å². The summed E-state index contributed by atoms with van der Waals surface area (Å²) in [5, 5.41) is 17.5. The van der Waals surface area contributed by atoms with Crippen LogP contribution in [0.15, 0.2) is 48.9 Å². The van der Waals surface area contributed by atoms with Crippen molar-refractivity contribution < 1.29 is 0 Å². The van der Waals surface area contributed by atoms with Gasteiger partial charge in [-0.3, -0.25) is 9.58 Å². The second-order valence-electron chi connectivity index (χ2n) is 6.44. The van der Waals surface area contributed by atoms with E-state index in [-0.39, 0.29) is 0 Å². The van der Waals surface area contributed by atoms with E-state index in [1.807, 2.05) is 35.1 Å². The van der Waals surface area contributed by atoms with E-state index in [1.165, 1.54) is 0 Å². The molecule has 8 heteroatoms. The molecule has 0 unspecified atom stereocenters. The molecule has 0 aliphatic carbocycles. The lowest BCUT2D eigenvalue weighted by atomic mass is 10.1.